The largest absolute Gasteiger partial charge is 0.495 e. The molecule has 0 bridgehead atoms. The van der Waals surface area contributed by atoms with Crippen LogP contribution in [-0.4, -0.2) is 23.9 Å². The van der Waals surface area contributed by atoms with E-state index in [1.807, 2.05) is 0 Å². The van der Waals surface area contributed by atoms with E-state index in [0.29, 0.717) is 0 Å². The van der Waals surface area contributed by atoms with Crippen molar-refractivity contribution in [3.05, 3.63) is 18.2 Å². The van der Waals surface area contributed by atoms with Crippen LogP contribution in [-0.2, 0) is 19.1 Å². The lowest BCUT2D eigenvalue weighted by atomic mass is 10.3. The lowest BCUT2D eigenvalue weighted by Gasteiger charge is -2.07. The van der Waals surface area contributed by atoms with Crippen molar-refractivity contribution < 1.29 is 21.6 Å². The van der Waals surface area contributed by atoms with Crippen LogP contribution in [0.4, 0.5) is 0 Å². The third-order valence-electron chi connectivity index (χ3n) is 1.72. The fourth-order valence-corrected chi connectivity index (χ4v) is 2.61. The van der Waals surface area contributed by atoms with Gasteiger partial charge in [0.05, 0.1) is 12.0 Å². The Morgan fingerprint density at radius 2 is 1.81 bits per heavy atom. The first kappa shape index (κ1) is 13.2. The van der Waals surface area contributed by atoms with Gasteiger partial charge < -0.3 is 4.74 Å². The molecule has 0 radical (unpaired) electrons. The van der Waals surface area contributed by atoms with E-state index in [9.17, 15) is 16.8 Å². The van der Waals surface area contributed by atoms with E-state index >= 15 is 0 Å². The molecule has 0 atom stereocenters. The molecule has 0 fully saturated rings. The van der Waals surface area contributed by atoms with Gasteiger partial charge in [0, 0.05) is 10.7 Å². The fourth-order valence-electron chi connectivity index (χ4n) is 1.03. The zero-order valence-corrected chi connectivity index (χ0v) is 10.4. The van der Waals surface area contributed by atoms with Gasteiger partial charge >= 0.3 is 0 Å². The molecular formula is C7H8ClNO5S2. The lowest BCUT2D eigenvalue weighted by Crippen LogP contribution is -2.14. The summed E-state index contributed by atoms with van der Waals surface area (Å²) in [5.74, 6) is -0.0495. The molecule has 0 aromatic heterocycles. The Morgan fingerprint density at radius 3 is 2.19 bits per heavy atom. The Balaban J connectivity index is 3.58. The quantitative estimate of drug-likeness (QED) is 0.803. The van der Waals surface area contributed by atoms with Gasteiger partial charge in [-0.3, -0.25) is 0 Å². The van der Waals surface area contributed by atoms with Crippen LogP contribution >= 0.6 is 10.7 Å². The molecule has 0 saturated heterocycles. The number of nitrogens with two attached hydrogens (primary N) is 1. The minimum Gasteiger partial charge on any atom is -0.495 e. The zero-order valence-electron chi connectivity index (χ0n) is 8.05. The average Bonchev–Trinajstić information content (AvgIpc) is 2.14. The molecule has 9 heteroatoms. The van der Waals surface area contributed by atoms with E-state index in [1.54, 1.807) is 0 Å². The maximum Gasteiger partial charge on any atom is 0.261 e. The molecule has 0 aliphatic heterocycles. The Bertz CT molecular complexity index is 608. The van der Waals surface area contributed by atoms with Gasteiger partial charge in [-0.2, -0.15) is 0 Å². The van der Waals surface area contributed by atoms with Crippen molar-refractivity contribution >= 4 is 29.8 Å². The number of primary sulfonamides is 1. The predicted octanol–water partition coefficient (Wildman–Crippen LogP) is 0.270. The maximum atomic E-state index is 11.2. The van der Waals surface area contributed by atoms with Crippen molar-refractivity contribution in [2.75, 3.05) is 7.11 Å². The summed E-state index contributed by atoms with van der Waals surface area (Å²) in [6, 6.07) is 3.13. The van der Waals surface area contributed by atoms with E-state index in [1.165, 1.54) is 7.11 Å². The summed E-state index contributed by atoms with van der Waals surface area (Å²) in [4.78, 5) is -0.796. The van der Waals surface area contributed by atoms with Crippen molar-refractivity contribution in [1.29, 1.82) is 0 Å². The number of halogens is 1. The predicted molar refractivity (Wildman–Crippen MR) is 57.4 cm³/mol. The first-order valence-electron chi connectivity index (χ1n) is 3.82. The molecule has 0 unspecified atom stereocenters. The zero-order chi connectivity index (χ0) is 12.6. The number of ether oxygens (including phenoxy) is 1. The second-order valence-corrected chi connectivity index (χ2v) is 6.89. The highest BCUT2D eigenvalue weighted by molar-refractivity contribution is 8.13. The van der Waals surface area contributed by atoms with E-state index in [4.69, 9.17) is 20.6 Å². The van der Waals surface area contributed by atoms with Gasteiger partial charge in [0.2, 0.25) is 10.0 Å². The fraction of sp³-hybridized carbons (Fsp3) is 0.143. The molecule has 16 heavy (non-hydrogen) atoms. The lowest BCUT2D eigenvalue weighted by molar-refractivity contribution is 0.402. The van der Waals surface area contributed by atoms with Gasteiger partial charge in [0.1, 0.15) is 10.6 Å². The van der Waals surface area contributed by atoms with Crippen molar-refractivity contribution in [3.8, 4) is 5.75 Å². The Morgan fingerprint density at radius 1 is 1.25 bits per heavy atom. The summed E-state index contributed by atoms with van der Waals surface area (Å²) in [7, 11) is -1.78. The van der Waals surface area contributed by atoms with Crippen LogP contribution in [0.2, 0.25) is 0 Å². The van der Waals surface area contributed by atoms with Crippen LogP contribution in [0.3, 0.4) is 0 Å². The van der Waals surface area contributed by atoms with Crippen LogP contribution in [0.5, 0.6) is 5.75 Å². The Labute approximate surface area is 97.4 Å². The molecule has 90 valence electrons. The number of hydrogen-bond acceptors (Lipinski definition) is 5. The molecule has 0 amide bonds. The van der Waals surface area contributed by atoms with E-state index < -0.39 is 24.0 Å². The van der Waals surface area contributed by atoms with Gasteiger partial charge in [0.15, 0.2) is 0 Å². The molecule has 6 nitrogen and oxygen atoms in total. The molecule has 0 saturated carbocycles. The molecule has 0 spiro atoms. The number of rotatable bonds is 3. The molecule has 0 aliphatic carbocycles. The monoisotopic (exact) mass is 285 g/mol. The number of hydrogen-bond donors (Lipinski definition) is 1. The first-order chi connectivity index (χ1) is 7.16. The smallest absolute Gasteiger partial charge is 0.261 e. The third-order valence-corrected chi connectivity index (χ3v) is 4.01. The molecule has 2 N–H and O–H groups in total. The van der Waals surface area contributed by atoms with Crippen molar-refractivity contribution in [2.24, 2.45) is 5.14 Å². The third kappa shape index (κ3) is 2.85. The Hall–Kier alpha value is -0.830. The highest BCUT2D eigenvalue weighted by Gasteiger charge is 2.19. The van der Waals surface area contributed by atoms with Crippen LogP contribution in [0, 0.1) is 0 Å². The highest BCUT2D eigenvalue weighted by atomic mass is 35.7. The Kier molecular flexibility index (Phi) is 3.48. The van der Waals surface area contributed by atoms with Crippen LogP contribution in [0.25, 0.3) is 0 Å². The minimum atomic E-state index is -4.08. The SMILES string of the molecule is COc1ccc(S(=O)(=O)Cl)cc1S(N)(=O)=O. The molecule has 1 aromatic carbocycles. The van der Waals surface area contributed by atoms with Gasteiger partial charge in [0.25, 0.3) is 9.05 Å². The van der Waals surface area contributed by atoms with E-state index in [-0.39, 0.29) is 10.6 Å². The summed E-state index contributed by atoms with van der Waals surface area (Å²) in [5, 5.41) is 4.90. The van der Waals surface area contributed by atoms with Crippen LogP contribution in [0.1, 0.15) is 0 Å². The first-order valence-corrected chi connectivity index (χ1v) is 7.67. The summed E-state index contributed by atoms with van der Waals surface area (Å²) in [5.41, 5.74) is 0. The van der Waals surface area contributed by atoms with Gasteiger partial charge in [-0.25, -0.2) is 22.0 Å². The molecule has 1 aromatic rings. The average molecular weight is 286 g/mol. The second kappa shape index (κ2) is 4.21. The molecule has 0 heterocycles. The minimum absolute atomic E-state index is 0.0495. The number of sulfonamides is 1. The standard InChI is InChI=1S/C7H8ClNO5S2/c1-14-6-3-2-5(15(8,10)11)4-7(6)16(9,12)13/h2-4H,1H3,(H2,9,12,13). The molecular weight excluding hydrogens is 278 g/mol. The van der Waals surface area contributed by atoms with Crippen molar-refractivity contribution in [3.63, 3.8) is 0 Å². The summed E-state index contributed by atoms with van der Waals surface area (Å²) >= 11 is 0. The number of methoxy groups -OCH3 is 1. The number of benzene rings is 1. The van der Waals surface area contributed by atoms with Crippen molar-refractivity contribution in [2.45, 2.75) is 9.79 Å². The molecule has 0 aliphatic rings. The van der Waals surface area contributed by atoms with Gasteiger partial charge in [-0.05, 0) is 18.2 Å². The second-order valence-electron chi connectivity index (χ2n) is 2.80. The van der Waals surface area contributed by atoms with Gasteiger partial charge in [-0.1, -0.05) is 0 Å². The summed E-state index contributed by atoms with van der Waals surface area (Å²) in [6.45, 7) is 0. The van der Waals surface area contributed by atoms with E-state index in [2.05, 4.69) is 0 Å². The van der Waals surface area contributed by atoms with Crippen LogP contribution in [0.15, 0.2) is 28.0 Å². The van der Waals surface area contributed by atoms with Crippen LogP contribution < -0.4 is 9.88 Å². The summed E-state index contributed by atoms with van der Waals surface area (Å²) in [6.07, 6.45) is 0. The molecule has 1 rings (SSSR count). The highest BCUT2D eigenvalue weighted by Crippen LogP contribution is 2.27. The topological polar surface area (TPSA) is 104 Å². The van der Waals surface area contributed by atoms with Crippen molar-refractivity contribution in [1.82, 2.24) is 0 Å². The maximum absolute atomic E-state index is 11.2. The van der Waals surface area contributed by atoms with E-state index in [0.717, 1.165) is 18.2 Å². The normalized spacial score (nSPS) is 12.4. The van der Waals surface area contributed by atoms with Gasteiger partial charge in [-0.15, -0.1) is 0 Å². The summed E-state index contributed by atoms with van der Waals surface area (Å²) < 4.78 is 49.0.